The minimum atomic E-state index is -0.627. The van der Waals surface area contributed by atoms with Crippen molar-refractivity contribution in [3.05, 3.63) is 317 Å². The summed E-state index contributed by atoms with van der Waals surface area (Å²) in [5.41, 5.74) is 27.5. The molecule has 2 heterocycles. The Morgan fingerprint density at radius 1 is 0.325 bits per heavy atom. The van der Waals surface area contributed by atoms with E-state index in [1.807, 2.05) is 11.3 Å². The Morgan fingerprint density at radius 2 is 0.792 bits per heavy atom. The predicted octanol–water partition coefficient (Wildman–Crippen LogP) is 19.4. The number of rotatable bonds is 6. The summed E-state index contributed by atoms with van der Waals surface area (Å²) in [5.74, 6) is 0. The van der Waals surface area contributed by atoms with E-state index in [0.29, 0.717) is 0 Å². The first-order chi connectivity index (χ1) is 38.2. The minimum absolute atomic E-state index is 0.512. The predicted molar refractivity (Wildman–Crippen MR) is 322 cm³/mol. The van der Waals surface area contributed by atoms with Crippen LogP contribution in [0.4, 0.5) is 0 Å². The second kappa shape index (κ2) is 16.9. The van der Waals surface area contributed by atoms with Gasteiger partial charge in [0.05, 0.1) is 22.2 Å². The molecule has 0 unspecified atom stereocenters. The van der Waals surface area contributed by atoms with E-state index in [4.69, 9.17) is 4.98 Å². The van der Waals surface area contributed by atoms with Gasteiger partial charge in [0.15, 0.2) is 0 Å². The van der Waals surface area contributed by atoms with Crippen molar-refractivity contribution in [3.8, 4) is 78.1 Å². The van der Waals surface area contributed by atoms with E-state index in [9.17, 15) is 0 Å². The second-order valence-corrected chi connectivity index (χ2v) is 22.1. The Kier molecular flexibility index (Phi) is 9.68. The summed E-state index contributed by atoms with van der Waals surface area (Å²) in [4.78, 5) is 5.65. The lowest BCUT2D eigenvalue weighted by Gasteiger charge is -2.48. The zero-order valence-corrected chi connectivity index (χ0v) is 43.3. The summed E-state index contributed by atoms with van der Waals surface area (Å²) in [7, 11) is 0. The first kappa shape index (κ1) is 44.1. The van der Waals surface area contributed by atoms with Crippen LogP contribution in [0.3, 0.4) is 0 Å². The normalized spacial score (nSPS) is 13.8. The summed E-state index contributed by atoms with van der Waals surface area (Å²) in [6.07, 6.45) is 0.822. The molecule has 16 rings (SSSR count). The Morgan fingerprint density at radius 3 is 1.45 bits per heavy atom. The van der Waals surface area contributed by atoms with Gasteiger partial charge in [-0.2, -0.15) is 0 Å². The topological polar surface area (TPSA) is 12.9 Å². The highest BCUT2D eigenvalue weighted by Gasteiger charge is 2.59. The van der Waals surface area contributed by atoms with Gasteiger partial charge in [0, 0.05) is 36.9 Å². The van der Waals surface area contributed by atoms with Crippen LogP contribution in [0, 0.1) is 0 Å². The van der Waals surface area contributed by atoms with Crippen molar-refractivity contribution in [1.82, 2.24) is 4.98 Å². The van der Waals surface area contributed by atoms with Crippen LogP contribution in [0.5, 0.6) is 0 Å². The zero-order valence-electron chi connectivity index (χ0n) is 42.5. The van der Waals surface area contributed by atoms with Gasteiger partial charge in [-0.1, -0.05) is 250 Å². The molecule has 0 aliphatic heterocycles. The average molecular weight is 996 g/mol. The van der Waals surface area contributed by atoms with Gasteiger partial charge in [0.2, 0.25) is 0 Å². The molecule has 360 valence electrons. The molecule has 3 aliphatic rings. The highest BCUT2D eigenvalue weighted by atomic mass is 32.1. The first-order valence-corrected chi connectivity index (χ1v) is 27.8. The van der Waals surface area contributed by atoms with Crippen LogP contribution in [0.25, 0.3) is 98.3 Å². The molecule has 0 saturated carbocycles. The summed E-state index contributed by atoms with van der Waals surface area (Å²) in [6, 6.07) is 100. The molecule has 11 aromatic carbocycles. The molecule has 0 atom stereocenters. The molecular formula is C75H49NS. The standard InChI is InChI=1S/C75H49NS/c1-2-53-59(51-28-19-26-49(44-51)47-22-5-3-6-23-47)46-68(48-24-7-4-8-25-48)76-72(53)52-29-20-27-50(45-52)54-33-21-40-66-70(54)71-67(43-42-58-57-32-11-18-41-69(57)77-73(58)71)75(66)64-38-16-14-36-62(64)74(63-37-15-17-39-65(63)75)60-34-12-9-30-55(60)56-31-10-13-35-61(56)74/h3-46H,2H2,1H3. The quantitative estimate of drug-likeness (QED) is 0.162. The van der Waals surface area contributed by atoms with E-state index >= 15 is 0 Å². The maximum Gasteiger partial charge on any atom is 0.0747 e. The van der Waals surface area contributed by atoms with Gasteiger partial charge in [-0.15, -0.1) is 11.3 Å². The van der Waals surface area contributed by atoms with Gasteiger partial charge in [-0.3, -0.25) is 0 Å². The third-order valence-corrected chi connectivity index (χ3v) is 18.6. The van der Waals surface area contributed by atoms with Gasteiger partial charge in [0.1, 0.15) is 0 Å². The Labute approximate surface area is 453 Å². The lowest BCUT2D eigenvalue weighted by Crippen LogP contribution is -2.43. The molecule has 77 heavy (non-hydrogen) atoms. The van der Waals surface area contributed by atoms with E-state index in [2.05, 4.69) is 274 Å². The van der Waals surface area contributed by atoms with Crippen LogP contribution >= 0.6 is 11.3 Å². The van der Waals surface area contributed by atoms with Crippen molar-refractivity contribution in [2.24, 2.45) is 0 Å². The van der Waals surface area contributed by atoms with Crippen molar-refractivity contribution < 1.29 is 0 Å². The number of aromatic nitrogens is 1. The lowest BCUT2D eigenvalue weighted by molar-refractivity contribution is 0.633. The molecule has 0 amide bonds. The SMILES string of the molecule is CCc1c(-c2cccc(-c3ccccc3)c2)cc(-c2ccccc2)nc1-c1cccc(-c2cccc3c2-c2c(ccc4c2sc2ccccc24)C32c3ccccc3C3(c4ccccc4-c4ccccc43)c3ccccc32)c1. The van der Waals surface area contributed by atoms with E-state index in [1.165, 1.54) is 126 Å². The molecule has 13 aromatic rings. The number of thiophene rings is 1. The molecular weight excluding hydrogens is 947 g/mol. The molecule has 0 bridgehead atoms. The van der Waals surface area contributed by atoms with Crippen molar-refractivity contribution in [3.63, 3.8) is 0 Å². The summed E-state index contributed by atoms with van der Waals surface area (Å²) >= 11 is 1.94. The van der Waals surface area contributed by atoms with Crippen molar-refractivity contribution >= 4 is 31.5 Å². The lowest BCUT2D eigenvalue weighted by atomic mass is 9.52. The number of hydrogen-bond donors (Lipinski definition) is 0. The van der Waals surface area contributed by atoms with E-state index in [-0.39, 0.29) is 0 Å². The highest BCUT2D eigenvalue weighted by Crippen LogP contribution is 2.69. The Bertz CT molecular complexity index is 4460. The van der Waals surface area contributed by atoms with Gasteiger partial charge < -0.3 is 0 Å². The fraction of sp³-hybridized carbons (Fsp3) is 0.0533. The largest absolute Gasteiger partial charge is 0.247 e. The molecule has 3 aliphatic carbocycles. The van der Waals surface area contributed by atoms with E-state index in [0.717, 1.165) is 28.9 Å². The van der Waals surface area contributed by atoms with Crippen LogP contribution < -0.4 is 0 Å². The smallest absolute Gasteiger partial charge is 0.0747 e. The van der Waals surface area contributed by atoms with Crippen molar-refractivity contribution in [2.45, 2.75) is 24.2 Å². The van der Waals surface area contributed by atoms with Crippen molar-refractivity contribution in [1.29, 1.82) is 0 Å². The molecule has 2 aromatic heterocycles. The molecule has 2 heteroatoms. The van der Waals surface area contributed by atoms with Crippen LogP contribution in [0.15, 0.2) is 267 Å². The Hall–Kier alpha value is -9.21. The number of nitrogens with zero attached hydrogens (tertiary/aromatic N) is 1. The number of hydrogen-bond acceptors (Lipinski definition) is 2. The number of pyridine rings is 1. The van der Waals surface area contributed by atoms with Gasteiger partial charge >= 0.3 is 0 Å². The molecule has 2 spiro atoms. The number of fused-ring (bicyclic) bond motifs is 20. The number of benzene rings is 11. The monoisotopic (exact) mass is 995 g/mol. The minimum Gasteiger partial charge on any atom is -0.247 e. The van der Waals surface area contributed by atoms with Crippen LogP contribution in [0.2, 0.25) is 0 Å². The van der Waals surface area contributed by atoms with E-state index < -0.39 is 10.8 Å². The average Bonchev–Trinajstić information content (AvgIpc) is 4.16. The van der Waals surface area contributed by atoms with E-state index in [1.54, 1.807) is 0 Å². The summed E-state index contributed by atoms with van der Waals surface area (Å²) in [5, 5.41) is 2.61. The van der Waals surface area contributed by atoms with Gasteiger partial charge in [0.25, 0.3) is 0 Å². The summed E-state index contributed by atoms with van der Waals surface area (Å²) < 4.78 is 2.65. The Balaban J connectivity index is 0.968. The van der Waals surface area contributed by atoms with Crippen LogP contribution in [0.1, 0.15) is 57.0 Å². The maximum atomic E-state index is 5.65. The molecule has 0 saturated heterocycles. The van der Waals surface area contributed by atoms with Gasteiger partial charge in [-0.25, -0.2) is 4.98 Å². The molecule has 0 N–H and O–H groups in total. The van der Waals surface area contributed by atoms with Crippen molar-refractivity contribution in [2.75, 3.05) is 0 Å². The van der Waals surface area contributed by atoms with Gasteiger partial charge in [-0.05, 0) is 131 Å². The third kappa shape index (κ3) is 6.08. The highest BCUT2D eigenvalue weighted by molar-refractivity contribution is 7.26. The zero-order chi connectivity index (χ0) is 50.8. The molecule has 0 fully saturated rings. The fourth-order valence-corrected chi connectivity index (χ4v) is 15.6. The van der Waals surface area contributed by atoms with Crippen LogP contribution in [-0.4, -0.2) is 4.98 Å². The van der Waals surface area contributed by atoms with Crippen LogP contribution in [-0.2, 0) is 17.3 Å². The maximum absolute atomic E-state index is 5.65. The first-order valence-electron chi connectivity index (χ1n) is 27.0. The third-order valence-electron chi connectivity index (χ3n) is 17.4. The molecule has 0 radical (unpaired) electrons. The second-order valence-electron chi connectivity index (χ2n) is 21.0. The summed E-state index contributed by atoms with van der Waals surface area (Å²) in [6.45, 7) is 2.28. The molecule has 1 nitrogen and oxygen atoms in total. The fourth-order valence-electron chi connectivity index (χ4n) is 14.3.